The van der Waals surface area contributed by atoms with Gasteiger partial charge in [-0.1, -0.05) is 25.1 Å². The van der Waals surface area contributed by atoms with Crippen molar-refractivity contribution < 1.29 is 5.11 Å². The summed E-state index contributed by atoms with van der Waals surface area (Å²) in [6.45, 7) is 5.26. The molecule has 96 valence electrons. The molecule has 0 aliphatic heterocycles. The Kier molecular flexibility index (Phi) is 6.93. The molecular formula is C14H22ClNO. The minimum atomic E-state index is 0. The molecule has 1 atom stereocenters. The molecule has 17 heavy (non-hydrogen) atoms. The van der Waals surface area contributed by atoms with Gasteiger partial charge < -0.3 is 10.0 Å². The van der Waals surface area contributed by atoms with Crippen LogP contribution in [0.15, 0.2) is 30.3 Å². The summed E-state index contributed by atoms with van der Waals surface area (Å²) < 4.78 is 0. The second-order valence-electron chi connectivity index (χ2n) is 4.46. The number of benzene rings is 1. The van der Waals surface area contributed by atoms with Crippen molar-refractivity contribution in [2.75, 3.05) is 20.6 Å². The summed E-state index contributed by atoms with van der Waals surface area (Å²) in [5, 5.41) is 9.48. The van der Waals surface area contributed by atoms with Crippen LogP contribution in [-0.2, 0) is 0 Å². The van der Waals surface area contributed by atoms with Crippen LogP contribution in [-0.4, -0.2) is 30.6 Å². The molecule has 0 radical (unpaired) electrons. The Hall–Kier alpha value is -0.990. The molecule has 1 N–H and O–H groups in total. The van der Waals surface area contributed by atoms with Gasteiger partial charge in [-0.2, -0.15) is 0 Å². The number of hydrogen-bond acceptors (Lipinski definition) is 2. The first-order valence-corrected chi connectivity index (χ1v) is 5.65. The molecule has 0 aromatic heterocycles. The van der Waals surface area contributed by atoms with E-state index in [1.54, 1.807) is 6.07 Å². The van der Waals surface area contributed by atoms with Crippen LogP contribution in [0.4, 0.5) is 0 Å². The Morgan fingerprint density at radius 3 is 2.53 bits per heavy atom. The van der Waals surface area contributed by atoms with E-state index >= 15 is 0 Å². The van der Waals surface area contributed by atoms with Crippen molar-refractivity contribution in [3.8, 4) is 5.75 Å². The molecule has 0 aliphatic carbocycles. The van der Waals surface area contributed by atoms with Gasteiger partial charge in [0.25, 0.3) is 0 Å². The molecule has 0 aliphatic rings. The second-order valence-corrected chi connectivity index (χ2v) is 4.46. The van der Waals surface area contributed by atoms with Crippen LogP contribution < -0.4 is 0 Å². The van der Waals surface area contributed by atoms with Crippen LogP contribution >= 0.6 is 12.4 Å². The van der Waals surface area contributed by atoms with Crippen LogP contribution in [0.2, 0.25) is 0 Å². The van der Waals surface area contributed by atoms with E-state index in [4.69, 9.17) is 0 Å². The summed E-state index contributed by atoms with van der Waals surface area (Å²) in [5.41, 5.74) is 2.39. The van der Waals surface area contributed by atoms with E-state index in [9.17, 15) is 5.11 Å². The maximum Gasteiger partial charge on any atom is 0.116 e. The van der Waals surface area contributed by atoms with E-state index in [2.05, 4.69) is 32.0 Å². The number of halogens is 1. The highest BCUT2D eigenvalue weighted by Gasteiger charge is 2.11. The van der Waals surface area contributed by atoms with E-state index in [0.29, 0.717) is 11.7 Å². The molecule has 1 unspecified atom stereocenters. The number of aromatic hydroxyl groups is 1. The summed E-state index contributed by atoms with van der Waals surface area (Å²) >= 11 is 0. The van der Waals surface area contributed by atoms with Crippen LogP contribution in [0.3, 0.4) is 0 Å². The predicted octanol–water partition coefficient (Wildman–Crippen LogP) is 3.42. The average molecular weight is 256 g/mol. The highest BCUT2D eigenvalue weighted by atomic mass is 35.5. The quantitative estimate of drug-likeness (QED) is 0.891. The van der Waals surface area contributed by atoms with Gasteiger partial charge in [-0.3, -0.25) is 0 Å². The summed E-state index contributed by atoms with van der Waals surface area (Å²) in [7, 11) is 4.15. The van der Waals surface area contributed by atoms with Crippen molar-refractivity contribution >= 4 is 18.0 Å². The van der Waals surface area contributed by atoms with Crippen molar-refractivity contribution in [1.82, 2.24) is 4.90 Å². The highest BCUT2D eigenvalue weighted by Crippen LogP contribution is 2.26. The summed E-state index contributed by atoms with van der Waals surface area (Å²) in [6, 6.07) is 7.45. The summed E-state index contributed by atoms with van der Waals surface area (Å²) in [5.74, 6) is 0.788. The van der Waals surface area contributed by atoms with Crippen LogP contribution in [0.5, 0.6) is 5.75 Å². The Balaban J connectivity index is 0.00000256. The molecule has 0 amide bonds. The molecule has 1 rings (SSSR count). The maximum absolute atomic E-state index is 9.48. The van der Waals surface area contributed by atoms with Gasteiger partial charge in [-0.25, -0.2) is 0 Å². The molecule has 0 heterocycles. The van der Waals surface area contributed by atoms with E-state index in [0.717, 1.165) is 12.1 Å². The minimum Gasteiger partial charge on any atom is -0.508 e. The van der Waals surface area contributed by atoms with Crippen LogP contribution in [0.1, 0.15) is 19.4 Å². The van der Waals surface area contributed by atoms with E-state index in [1.807, 2.05) is 25.1 Å². The monoisotopic (exact) mass is 255 g/mol. The van der Waals surface area contributed by atoms with Gasteiger partial charge in [0, 0.05) is 6.54 Å². The fraction of sp³-hybridized carbons (Fsp3) is 0.429. The smallest absolute Gasteiger partial charge is 0.116 e. The fourth-order valence-electron chi connectivity index (χ4n) is 2.07. The first-order valence-electron chi connectivity index (χ1n) is 5.65. The lowest BCUT2D eigenvalue weighted by atomic mass is 9.93. The minimum absolute atomic E-state index is 0. The number of rotatable bonds is 4. The average Bonchev–Trinajstić information content (AvgIpc) is 2.17. The van der Waals surface area contributed by atoms with Crippen molar-refractivity contribution in [3.05, 3.63) is 35.9 Å². The molecule has 0 bridgehead atoms. The summed E-state index contributed by atoms with van der Waals surface area (Å²) in [6.07, 6.45) is 2.13. The number of hydrogen-bond donors (Lipinski definition) is 1. The third-order valence-corrected chi connectivity index (χ3v) is 2.66. The lowest BCUT2D eigenvalue weighted by Gasteiger charge is -2.20. The van der Waals surface area contributed by atoms with Crippen molar-refractivity contribution in [2.24, 2.45) is 5.92 Å². The van der Waals surface area contributed by atoms with Gasteiger partial charge in [0.1, 0.15) is 5.75 Å². The lowest BCUT2D eigenvalue weighted by molar-refractivity contribution is 0.376. The zero-order valence-electron chi connectivity index (χ0n) is 11.0. The molecule has 0 fully saturated rings. The Labute approximate surface area is 110 Å². The standard InChI is InChI=1S/C14H21NO.ClH/c1-5-14(11(2)10-15(3)4)12-7-6-8-13(16)9-12;/h5-9,11,16H,10H2,1-4H3;1H/b14-5+;. The molecule has 0 spiro atoms. The molecule has 3 heteroatoms. The third kappa shape index (κ3) is 4.80. The Morgan fingerprint density at radius 2 is 2.06 bits per heavy atom. The molecular weight excluding hydrogens is 234 g/mol. The summed E-state index contributed by atoms with van der Waals surface area (Å²) in [4.78, 5) is 2.18. The second kappa shape index (κ2) is 7.36. The number of nitrogens with zero attached hydrogens (tertiary/aromatic N) is 1. The fourth-order valence-corrected chi connectivity index (χ4v) is 2.07. The highest BCUT2D eigenvalue weighted by molar-refractivity contribution is 5.85. The maximum atomic E-state index is 9.48. The van der Waals surface area contributed by atoms with E-state index in [1.165, 1.54) is 5.57 Å². The van der Waals surface area contributed by atoms with Crippen LogP contribution in [0, 0.1) is 5.92 Å². The van der Waals surface area contributed by atoms with Crippen LogP contribution in [0.25, 0.3) is 5.57 Å². The third-order valence-electron chi connectivity index (χ3n) is 2.66. The molecule has 1 aromatic rings. The van der Waals surface area contributed by atoms with Gasteiger partial charge in [-0.05, 0) is 50.2 Å². The number of phenols is 1. The SMILES string of the molecule is C/C=C(/c1cccc(O)c1)C(C)CN(C)C.Cl. The largest absolute Gasteiger partial charge is 0.508 e. The van der Waals surface area contributed by atoms with Gasteiger partial charge in [0.15, 0.2) is 0 Å². The number of allylic oxidation sites excluding steroid dienone is 1. The van der Waals surface area contributed by atoms with Crippen molar-refractivity contribution in [1.29, 1.82) is 0 Å². The van der Waals surface area contributed by atoms with Gasteiger partial charge >= 0.3 is 0 Å². The zero-order chi connectivity index (χ0) is 12.1. The van der Waals surface area contributed by atoms with Gasteiger partial charge in [0.2, 0.25) is 0 Å². The molecule has 1 aromatic carbocycles. The first-order chi connectivity index (χ1) is 7.54. The zero-order valence-corrected chi connectivity index (χ0v) is 11.8. The predicted molar refractivity (Wildman–Crippen MR) is 76.7 cm³/mol. The normalized spacial score (nSPS) is 13.4. The Morgan fingerprint density at radius 1 is 1.41 bits per heavy atom. The molecule has 0 saturated heterocycles. The van der Waals surface area contributed by atoms with Crippen molar-refractivity contribution in [2.45, 2.75) is 13.8 Å². The first kappa shape index (κ1) is 16.0. The molecule has 0 saturated carbocycles. The number of phenolic OH excluding ortho intramolecular Hbond substituents is 1. The van der Waals surface area contributed by atoms with Gasteiger partial charge in [-0.15, -0.1) is 12.4 Å². The van der Waals surface area contributed by atoms with E-state index in [-0.39, 0.29) is 12.4 Å². The Bertz CT molecular complexity index is 374. The van der Waals surface area contributed by atoms with Crippen molar-refractivity contribution in [3.63, 3.8) is 0 Å². The lowest BCUT2D eigenvalue weighted by Crippen LogP contribution is -2.20. The van der Waals surface area contributed by atoms with Gasteiger partial charge in [0.05, 0.1) is 0 Å². The topological polar surface area (TPSA) is 23.5 Å². The van der Waals surface area contributed by atoms with E-state index < -0.39 is 0 Å². The molecule has 2 nitrogen and oxygen atoms in total.